The van der Waals surface area contributed by atoms with Gasteiger partial charge in [-0.3, -0.25) is 4.79 Å². The quantitative estimate of drug-likeness (QED) is 0.830. The van der Waals surface area contributed by atoms with Gasteiger partial charge in [-0.1, -0.05) is 30.7 Å². The predicted octanol–water partition coefficient (Wildman–Crippen LogP) is 2.10. The number of hydrogen-bond acceptors (Lipinski definition) is 2. The Morgan fingerprint density at radius 2 is 2.20 bits per heavy atom. The minimum Gasteiger partial charge on any atom is -0.481 e. The number of carboxylic acid groups (broad SMARTS) is 1. The summed E-state index contributed by atoms with van der Waals surface area (Å²) in [7, 11) is 0. The molecule has 0 saturated heterocycles. The van der Waals surface area contributed by atoms with Crippen LogP contribution in [0.2, 0.25) is 5.02 Å². The second kappa shape index (κ2) is 5.14. The summed E-state index contributed by atoms with van der Waals surface area (Å²) in [6.45, 7) is 1.58. The molecule has 0 amide bonds. The Bertz CT molecular complexity index is 363. The highest BCUT2D eigenvalue weighted by molar-refractivity contribution is 6.31. The number of aliphatic hydroxyl groups excluding tert-OH is 1. The fraction of sp³-hybridized carbons (Fsp3) is 0.364. The van der Waals surface area contributed by atoms with E-state index < -0.39 is 11.9 Å². The van der Waals surface area contributed by atoms with E-state index in [1.54, 1.807) is 25.1 Å². The average molecular weight is 229 g/mol. The Balaban J connectivity index is 2.82. The summed E-state index contributed by atoms with van der Waals surface area (Å²) in [5.74, 6) is -1.29. The molecule has 82 valence electrons. The Hall–Kier alpha value is -1.06. The molecule has 1 aromatic carbocycles. The van der Waals surface area contributed by atoms with Gasteiger partial charge >= 0.3 is 5.97 Å². The van der Waals surface area contributed by atoms with Gasteiger partial charge in [-0.2, -0.15) is 0 Å². The number of carbonyl (C=O) groups is 1. The van der Waals surface area contributed by atoms with Gasteiger partial charge < -0.3 is 10.2 Å². The van der Waals surface area contributed by atoms with Crippen LogP contribution in [-0.4, -0.2) is 16.2 Å². The van der Waals surface area contributed by atoms with Gasteiger partial charge in [-0.15, -0.1) is 0 Å². The molecule has 1 atom stereocenters. The molecule has 0 bridgehead atoms. The lowest BCUT2D eigenvalue weighted by Crippen LogP contribution is -2.12. The molecule has 1 aromatic rings. The molecule has 1 rings (SSSR count). The first-order chi connectivity index (χ1) is 7.04. The van der Waals surface area contributed by atoms with Crippen molar-refractivity contribution in [2.24, 2.45) is 5.92 Å². The van der Waals surface area contributed by atoms with E-state index in [1.165, 1.54) is 0 Å². The summed E-state index contributed by atoms with van der Waals surface area (Å²) in [5, 5.41) is 18.1. The molecule has 0 saturated carbocycles. The van der Waals surface area contributed by atoms with Gasteiger partial charge in [0.2, 0.25) is 0 Å². The first kappa shape index (κ1) is 12.0. The molecule has 0 heterocycles. The third kappa shape index (κ3) is 3.22. The first-order valence-corrected chi connectivity index (χ1v) is 5.03. The van der Waals surface area contributed by atoms with Crippen molar-refractivity contribution in [3.05, 3.63) is 34.3 Å². The molecule has 0 aromatic heterocycles. The van der Waals surface area contributed by atoms with E-state index in [-0.39, 0.29) is 6.61 Å². The molecule has 3 nitrogen and oxygen atoms in total. The van der Waals surface area contributed by atoms with E-state index in [0.717, 1.165) is 11.1 Å². The minimum absolute atomic E-state index is 0.0610. The van der Waals surface area contributed by atoms with Crippen LogP contribution in [-0.2, 0) is 17.8 Å². The molecule has 0 aliphatic heterocycles. The highest BCUT2D eigenvalue weighted by Gasteiger charge is 2.13. The summed E-state index contributed by atoms with van der Waals surface area (Å²) in [5.41, 5.74) is 1.52. The molecule has 15 heavy (non-hydrogen) atoms. The molecule has 0 fully saturated rings. The number of aliphatic hydroxyl groups is 1. The molecule has 4 heteroatoms. The van der Waals surface area contributed by atoms with E-state index >= 15 is 0 Å². The summed E-state index contributed by atoms with van der Waals surface area (Å²) < 4.78 is 0. The number of carboxylic acids is 1. The van der Waals surface area contributed by atoms with Crippen molar-refractivity contribution in [3.8, 4) is 0 Å². The number of aliphatic carboxylic acids is 1. The number of benzene rings is 1. The standard InChI is InChI=1S/C11H13ClO3/c1-7(11(14)15)4-9-3-2-8(6-13)5-10(9)12/h2-3,5,7,13H,4,6H2,1H3,(H,14,15). The topological polar surface area (TPSA) is 57.5 Å². The predicted molar refractivity (Wildman–Crippen MR) is 57.9 cm³/mol. The molecule has 1 unspecified atom stereocenters. The zero-order chi connectivity index (χ0) is 11.4. The number of hydrogen-bond donors (Lipinski definition) is 2. The van der Waals surface area contributed by atoms with Gasteiger partial charge in [0, 0.05) is 5.02 Å². The molecular weight excluding hydrogens is 216 g/mol. The number of halogens is 1. The second-order valence-corrected chi connectivity index (χ2v) is 3.93. The minimum atomic E-state index is -0.836. The van der Waals surface area contributed by atoms with Crippen LogP contribution >= 0.6 is 11.6 Å². The van der Waals surface area contributed by atoms with Crippen LogP contribution in [0.15, 0.2) is 18.2 Å². The van der Waals surface area contributed by atoms with Gasteiger partial charge in [0.25, 0.3) is 0 Å². The van der Waals surface area contributed by atoms with Crippen LogP contribution in [0.5, 0.6) is 0 Å². The Kier molecular flexibility index (Phi) is 4.12. The molecular formula is C11H13ClO3. The van der Waals surface area contributed by atoms with Gasteiger partial charge in [0.15, 0.2) is 0 Å². The lowest BCUT2D eigenvalue weighted by atomic mass is 10.0. The highest BCUT2D eigenvalue weighted by Crippen LogP contribution is 2.21. The van der Waals surface area contributed by atoms with Crippen molar-refractivity contribution < 1.29 is 15.0 Å². The summed E-state index contributed by atoms with van der Waals surface area (Å²) in [6.07, 6.45) is 0.403. The molecule has 0 aliphatic rings. The van der Waals surface area contributed by atoms with E-state index in [0.29, 0.717) is 11.4 Å². The highest BCUT2D eigenvalue weighted by atomic mass is 35.5. The Morgan fingerprint density at radius 3 is 2.67 bits per heavy atom. The van der Waals surface area contributed by atoms with E-state index in [9.17, 15) is 4.79 Å². The lowest BCUT2D eigenvalue weighted by Gasteiger charge is -2.08. The van der Waals surface area contributed by atoms with Crippen LogP contribution in [0.25, 0.3) is 0 Å². The zero-order valence-corrected chi connectivity index (χ0v) is 9.16. The second-order valence-electron chi connectivity index (χ2n) is 3.53. The maximum atomic E-state index is 10.7. The van der Waals surface area contributed by atoms with Gasteiger partial charge in [0.05, 0.1) is 12.5 Å². The van der Waals surface area contributed by atoms with E-state index in [1.807, 2.05) is 0 Å². The maximum Gasteiger partial charge on any atom is 0.306 e. The fourth-order valence-electron chi connectivity index (χ4n) is 1.27. The SMILES string of the molecule is CC(Cc1ccc(CO)cc1Cl)C(=O)O. The summed E-state index contributed by atoms with van der Waals surface area (Å²) >= 11 is 5.95. The molecule has 0 aliphatic carbocycles. The van der Waals surface area contributed by atoms with Crippen LogP contribution in [0.1, 0.15) is 18.1 Å². The van der Waals surface area contributed by atoms with Crippen molar-refractivity contribution >= 4 is 17.6 Å². The van der Waals surface area contributed by atoms with Crippen LogP contribution < -0.4 is 0 Å². The smallest absolute Gasteiger partial charge is 0.306 e. The van der Waals surface area contributed by atoms with Crippen LogP contribution in [0.4, 0.5) is 0 Å². The zero-order valence-electron chi connectivity index (χ0n) is 8.40. The van der Waals surface area contributed by atoms with Gasteiger partial charge in [-0.05, 0) is 23.6 Å². The van der Waals surface area contributed by atoms with Crippen molar-refractivity contribution in [1.82, 2.24) is 0 Å². The van der Waals surface area contributed by atoms with E-state index in [2.05, 4.69) is 0 Å². The summed E-state index contributed by atoms with van der Waals surface area (Å²) in [4.78, 5) is 10.7. The van der Waals surface area contributed by atoms with Crippen LogP contribution in [0, 0.1) is 5.92 Å². The van der Waals surface area contributed by atoms with Gasteiger partial charge in [-0.25, -0.2) is 0 Å². The van der Waals surface area contributed by atoms with Crippen LogP contribution in [0.3, 0.4) is 0 Å². The number of rotatable bonds is 4. The van der Waals surface area contributed by atoms with Gasteiger partial charge in [0.1, 0.15) is 0 Å². The first-order valence-electron chi connectivity index (χ1n) is 4.65. The molecule has 0 spiro atoms. The lowest BCUT2D eigenvalue weighted by molar-refractivity contribution is -0.141. The average Bonchev–Trinajstić information content (AvgIpc) is 2.20. The molecule has 0 radical (unpaired) electrons. The third-order valence-electron chi connectivity index (χ3n) is 2.25. The van der Waals surface area contributed by atoms with Crippen molar-refractivity contribution in [2.45, 2.75) is 20.0 Å². The fourth-order valence-corrected chi connectivity index (χ4v) is 1.55. The van der Waals surface area contributed by atoms with Crippen molar-refractivity contribution in [1.29, 1.82) is 0 Å². The molecule has 2 N–H and O–H groups in total. The Morgan fingerprint density at radius 1 is 1.53 bits per heavy atom. The normalized spacial score (nSPS) is 12.5. The summed E-state index contributed by atoms with van der Waals surface area (Å²) in [6, 6.07) is 5.16. The largest absolute Gasteiger partial charge is 0.481 e. The van der Waals surface area contributed by atoms with E-state index in [4.69, 9.17) is 21.8 Å². The Labute approximate surface area is 93.3 Å². The van der Waals surface area contributed by atoms with Crippen molar-refractivity contribution in [3.63, 3.8) is 0 Å². The monoisotopic (exact) mass is 228 g/mol. The maximum absolute atomic E-state index is 10.7. The van der Waals surface area contributed by atoms with Crippen molar-refractivity contribution in [2.75, 3.05) is 0 Å². The third-order valence-corrected chi connectivity index (χ3v) is 2.60.